The third kappa shape index (κ3) is 3.47. The fourth-order valence-electron chi connectivity index (χ4n) is 1.99. The Labute approximate surface area is 96.6 Å². The van der Waals surface area contributed by atoms with Gasteiger partial charge in [0.25, 0.3) is 0 Å². The quantitative estimate of drug-likeness (QED) is 0.686. The molecule has 0 aromatic rings. The molecule has 1 aliphatic rings. The normalized spacial score (nSPS) is 23.4. The minimum Gasteiger partial charge on any atom is -0.355 e. The van der Waals surface area contributed by atoms with Gasteiger partial charge in [0.05, 0.1) is 18.0 Å². The molecular weight excluding hydrogens is 204 g/mol. The van der Waals surface area contributed by atoms with Crippen molar-refractivity contribution in [3.8, 4) is 6.07 Å². The van der Waals surface area contributed by atoms with Crippen molar-refractivity contribution in [2.45, 2.75) is 25.8 Å². The summed E-state index contributed by atoms with van der Waals surface area (Å²) in [6.45, 7) is 4.47. The average Bonchev–Trinajstić information content (AvgIpc) is 2.35. The Morgan fingerprint density at radius 2 is 2.50 bits per heavy atom. The van der Waals surface area contributed by atoms with Gasteiger partial charge >= 0.3 is 0 Å². The maximum absolute atomic E-state index is 11.7. The number of carbonyl (C=O) groups excluding carboxylic acids is 1. The van der Waals surface area contributed by atoms with Gasteiger partial charge in [-0.1, -0.05) is 0 Å². The van der Waals surface area contributed by atoms with Crippen LogP contribution in [0, 0.1) is 17.2 Å². The number of nitriles is 1. The number of nitrogens with zero attached hydrogens (tertiary/aromatic N) is 2. The number of piperidine rings is 1. The van der Waals surface area contributed by atoms with E-state index in [9.17, 15) is 4.79 Å². The summed E-state index contributed by atoms with van der Waals surface area (Å²) in [6.07, 6.45) is 1.89. The van der Waals surface area contributed by atoms with Crippen LogP contribution in [-0.4, -0.2) is 43.0 Å². The van der Waals surface area contributed by atoms with Gasteiger partial charge in [-0.2, -0.15) is 5.26 Å². The first kappa shape index (κ1) is 12.9. The van der Waals surface area contributed by atoms with Crippen LogP contribution in [0.4, 0.5) is 0 Å². The molecule has 1 aliphatic heterocycles. The summed E-state index contributed by atoms with van der Waals surface area (Å²) in [5.74, 6) is 0.0800. The highest BCUT2D eigenvalue weighted by Gasteiger charge is 2.27. The lowest BCUT2D eigenvalue weighted by molar-refractivity contribution is -0.126. The van der Waals surface area contributed by atoms with Crippen LogP contribution in [0.3, 0.4) is 0 Å². The number of nitrogens with one attached hydrogen (secondary N) is 1. The smallest absolute Gasteiger partial charge is 0.224 e. The molecule has 0 saturated carbocycles. The van der Waals surface area contributed by atoms with Crippen LogP contribution in [0.1, 0.15) is 19.8 Å². The predicted molar refractivity (Wildman–Crippen MR) is 61.4 cm³/mol. The van der Waals surface area contributed by atoms with Gasteiger partial charge in [0.2, 0.25) is 5.91 Å². The molecule has 5 nitrogen and oxygen atoms in total. The Morgan fingerprint density at radius 1 is 1.75 bits per heavy atom. The Morgan fingerprint density at radius 3 is 3.12 bits per heavy atom. The van der Waals surface area contributed by atoms with Crippen molar-refractivity contribution < 1.29 is 4.79 Å². The molecule has 1 amide bonds. The molecule has 0 radical (unpaired) electrons. The number of carbonyl (C=O) groups is 1. The van der Waals surface area contributed by atoms with E-state index in [1.807, 2.05) is 6.92 Å². The highest BCUT2D eigenvalue weighted by molar-refractivity contribution is 5.78. The molecule has 0 aliphatic carbocycles. The highest BCUT2D eigenvalue weighted by Crippen LogP contribution is 2.18. The number of nitrogens with two attached hydrogens (primary N) is 1. The second-order valence-electron chi connectivity index (χ2n) is 4.22. The molecule has 3 N–H and O–H groups in total. The maximum Gasteiger partial charge on any atom is 0.224 e. The van der Waals surface area contributed by atoms with Crippen molar-refractivity contribution >= 4 is 5.91 Å². The Kier molecular flexibility index (Phi) is 5.23. The van der Waals surface area contributed by atoms with Gasteiger partial charge in [-0.3, -0.25) is 9.69 Å². The van der Waals surface area contributed by atoms with E-state index >= 15 is 0 Å². The third-order valence-electron chi connectivity index (χ3n) is 3.00. The molecule has 16 heavy (non-hydrogen) atoms. The maximum atomic E-state index is 11.7. The van der Waals surface area contributed by atoms with E-state index in [-0.39, 0.29) is 17.9 Å². The van der Waals surface area contributed by atoms with Crippen LogP contribution >= 0.6 is 0 Å². The fraction of sp³-hybridized carbons (Fsp3) is 0.818. The van der Waals surface area contributed by atoms with Crippen LogP contribution in [-0.2, 0) is 4.79 Å². The number of likely N-dealkylation sites (tertiary alicyclic amines) is 1. The van der Waals surface area contributed by atoms with Crippen LogP contribution < -0.4 is 11.1 Å². The lowest BCUT2D eigenvalue weighted by Gasteiger charge is -2.33. The molecule has 5 heteroatoms. The molecule has 1 fully saturated rings. The van der Waals surface area contributed by atoms with Crippen molar-refractivity contribution in [3.05, 3.63) is 0 Å². The van der Waals surface area contributed by atoms with Crippen molar-refractivity contribution in [2.24, 2.45) is 11.7 Å². The summed E-state index contributed by atoms with van der Waals surface area (Å²) in [5.41, 5.74) is 5.34. The summed E-state index contributed by atoms with van der Waals surface area (Å²) >= 11 is 0. The summed E-state index contributed by atoms with van der Waals surface area (Å²) < 4.78 is 0. The van der Waals surface area contributed by atoms with Crippen molar-refractivity contribution in [3.63, 3.8) is 0 Å². The minimum absolute atomic E-state index is 0.0103. The number of hydrogen-bond acceptors (Lipinski definition) is 4. The zero-order chi connectivity index (χ0) is 12.0. The first-order chi connectivity index (χ1) is 7.69. The Hall–Kier alpha value is -1.12. The number of amides is 1. The number of hydrogen-bond donors (Lipinski definition) is 2. The largest absolute Gasteiger partial charge is 0.355 e. The van der Waals surface area contributed by atoms with E-state index in [4.69, 9.17) is 11.0 Å². The van der Waals surface area contributed by atoms with Gasteiger partial charge in [-0.05, 0) is 26.3 Å². The molecule has 1 saturated heterocycles. The van der Waals surface area contributed by atoms with Crippen LogP contribution in [0.2, 0.25) is 0 Å². The summed E-state index contributed by atoms with van der Waals surface area (Å²) in [6, 6.07) is 2.11. The monoisotopic (exact) mass is 224 g/mol. The van der Waals surface area contributed by atoms with Crippen molar-refractivity contribution in [1.82, 2.24) is 10.2 Å². The highest BCUT2D eigenvalue weighted by atomic mass is 16.1. The lowest BCUT2D eigenvalue weighted by Crippen LogP contribution is -2.46. The van der Waals surface area contributed by atoms with Crippen molar-refractivity contribution in [2.75, 3.05) is 26.2 Å². The second-order valence-corrected chi connectivity index (χ2v) is 4.22. The van der Waals surface area contributed by atoms with Crippen LogP contribution in [0.5, 0.6) is 0 Å². The Bertz CT molecular complexity index is 274. The SMILES string of the molecule is CC(C#N)N1CCCC(C(=O)NCCN)C1. The molecule has 1 rings (SSSR count). The molecule has 2 unspecified atom stereocenters. The molecule has 0 aromatic carbocycles. The topological polar surface area (TPSA) is 82.2 Å². The third-order valence-corrected chi connectivity index (χ3v) is 3.00. The summed E-state index contributed by atoms with van der Waals surface area (Å²) in [4.78, 5) is 13.8. The van der Waals surface area contributed by atoms with Gasteiger partial charge < -0.3 is 11.1 Å². The standard InChI is InChI=1S/C11H20N4O/c1-9(7-13)15-6-2-3-10(8-15)11(16)14-5-4-12/h9-10H,2-6,8,12H2,1H3,(H,14,16). The predicted octanol–water partition coefficient (Wildman–Crippen LogP) is -0.315. The molecule has 0 bridgehead atoms. The van der Waals surface area contributed by atoms with Gasteiger partial charge in [-0.25, -0.2) is 0 Å². The van der Waals surface area contributed by atoms with E-state index in [1.165, 1.54) is 0 Å². The molecule has 0 aromatic heterocycles. The summed E-state index contributed by atoms with van der Waals surface area (Å²) in [7, 11) is 0. The Balaban J connectivity index is 2.44. The molecular formula is C11H20N4O. The summed E-state index contributed by atoms with van der Waals surface area (Å²) in [5, 5.41) is 11.7. The van der Waals surface area contributed by atoms with Crippen LogP contribution in [0.25, 0.3) is 0 Å². The first-order valence-corrected chi connectivity index (χ1v) is 5.80. The van der Waals surface area contributed by atoms with E-state index in [0.29, 0.717) is 19.6 Å². The average molecular weight is 224 g/mol. The van der Waals surface area contributed by atoms with Gasteiger partial charge in [0.15, 0.2) is 0 Å². The van der Waals surface area contributed by atoms with E-state index < -0.39 is 0 Å². The van der Waals surface area contributed by atoms with Crippen molar-refractivity contribution in [1.29, 1.82) is 5.26 Å². The minimum atomic E-state index is -0.106. The van der Waals surface area contributed by atoms with Gasteiger partial charge in [0.1, 0.15) is 0 Å². The fourth-order valence-corrected chi connectivity index (χ4v) is 1.99. The first-order valence-electron chi connectivity index (χ1n) is 5.80. The van der Waals surface area contributed by atoms with Gasteiger partial charge in [-0.15, -0.1) is 0 Å². The van der Waals surface area contributed by atoms with E-state index in [1.54, 1.807) is 0 Å². The number of rotatable bonds is 4. The van der Waals surface area contributed by atoms with E-state index in [0.717, 1.165) is 19.4 Å². The zero-order valence-electron chi connectivity index (χ0n) is 9.78. The molecule has 0 spiro atoms. The van der Waals surface area contributed by atoms with Gasteiger partial charge in [0, 0.05) is 19.6 Å². The van der Waals surface area contributed by atoms with Crippen LogP contribution in [0.15, 0.2) is 0 Å². The molecule has 2 atom stereocenters. The second kappa shape index (κ2) is 6.46. The lowest BCUT2D eigenvalue weighted by atomic mass is 9.96. The zero-order valence-corrected chi connectivity index (χ0v) is 9.78. The van der Waals surface area contributed by atoms with E-state index in [2.05, 4.69) is 16.3 Å². The molecule has 90 valence electrons. The molecule has 1 heterocycles.